The van der Waals surface area contributed by atoms with Gasteiger partial charge in [0.25, 0.3) is 5.91 Å². The van der Waals surface area contributed by atoms with Crippen molar-refractivity contribution in [1.29, 1.82) is 0 Å². The molecule has 7 nitrogen and oxygen atoms in total. The van der Waals surface area contributed by atoms with Gasteiger partial charge < -0.3 is 14.6 Å². The molecule has 0 aliphatic rings. The number of carbonyl (C=O) groups is 2. The Morgan fingerprint density at radius 2 is 1.89 bits per heavy atom. The zero-order chi connectivity index (χ0) is 25.6. The van der Waals surface area contributed by atoms with E-state index in [-0.39, 0.29) is 5.91 Å². The number of para-hydroxylation sites is 1. The third-order valence-electron chi connectivity index (χ3n) is 5.96. The maximum absolute atomic E-state index is 13.2. The Labute approximate surface area is 212 Å². The molecular formula is C29H35N3O4. The van der Waals surface area contributed by atoms with E-state index in [4.69, 9.17) is 9.94 Å². The smallest absolute Gasteiger partial charge is 0.267 e. The summed E-state index contributed by atoms with van der Waals surface area (Å²) < 4.78 is 5.56. The quantitative estimate of drug-likeness (QED) is 0.0918. The van der Waals surface area contributed by atoms with E-state index in [2.05, 4.69) is 23.7 Å². The van der Waals surface area contributed by atoms with Crippen LogP contribution in [0.4, 0.5) is 0 Å². The molecule has 1 heterocycles. The van der Waals surface area contributed by atoms with Gasteiger partial charge in [0.15, 0.2) is 0 Å². The number of aromatic nitrogens is 1. The van der Waals surface area contributed by atoms with E-state index < -0.39 is 5.91 Å². The van der Waals surface area contributed by atoms with Crippen LogP contribution in [0.15, 0.2) is 73.5 Å². The summed E-state index contributed by atoms with van der Waals surface area (Å²) in [5.74, 6) is -0.455. The van der Waals surface area contributed by atoms with Gasteiger partial charge in [0.1, 0.15) is 0 Å². The number of hydrogen-bond donors (Lipinski definition) is 3. The molecule has 0 saturated heterocycles. The molecule has 0 spiro atoms. The number of amides is 2. The van der Waals surface area contributed by atoms with Crippen molar-refractivity contribution in [3.63, 3.8) is 0 Å². The van der Waals surface area contributed by atoms with Crippen LogP contribution in [0, 0.1) is 0 Å². The lowest BCUT2D eigenvalue weighted by Gasteiger charge is -2.23. The molecule has 0 saturated carbocycles. The monoisotopic (exact) mass is 489 g/mol. The van der Waals surface area contributed by atoms with Gasteiger partial charge in [-0.3, -0.25) is 14.8 Å². The Kier molecular flexibility index (Phi) is 11.0. The third-order valence-corrected chi connectivity index (χ3v) is 5.96. The lowest BCUT2D eigenvalue weighted by molar-refractivity contribution is -0.132. The van der Waals surface area contributed by atoms with E-state index in [0.29, 0.717) is 32.7 Å². The number of benzene rings is 2. The van der Waals surface area contributed by atoms with Crippen LogP contribution in [0.3, 0.4) is 0 Å². The summed E-state index contributed by atoms with van der Waals surface area (Å²) in [4.78, 5) is 29.6. The minimum atomic E-state index is -0.584. The summed E-state index contributed by atoms with van der Waals surface area (Å²) >= 11 is 0. The Morgan fingerprint density at radius 3 is 2.67 bits per heavy atom. The predicted molar refractivity (Wildman–Crippen MR) is 142 cm³/mol. The Bertz CT molecular complexity index is 1150. The van der Waals surface area contributed by atoms with E-state index in [0.717, 1.165) is 42.3 Å². The van der Waals surface area contributed by atoms with E-state index in [1.165, 1.54) is 17.0 Å². The highest BCUT2D eigenvalue weighted by atomic mass is 16.5. The molecule has 0 unspecified atom stereocenters. The second kappa shape index (κ2) is 14.7. The standard InChI is InChI=1S/C29H35N3O4/c1-2-3-19-36-20-7-6-10-29(34)32(18-17-25-21-30-27-9-5-4-8-26(25)27)22-24-13-11-23(12-14-24)15-16-28(33)31-35/h2,4-5,8-9,11-16,21,30,35H,1,3,6-7,10,17-20,22H2,(H,31,33)/b16-15+. The topological polar surface area (TPSA) is 94.7 Å². The van der Waals surface area contributed by atoms with Crippen molar-refractivity contribution < 1.29 is 19.5 Å². The Hall–Kier alpha value is -3.68. The molecule has 0 fully saturated rings. The number of hydroxylamine groups is 1. The van der Waals surface area contributed by atoms with E-state index >= 15 is 0 Å². The van der Waals surface area contributed by atoms with Gasteiger partial charge >= 0.3 is 0 Å². The summed E-state index contributed by atoms with van der Waals surface area (Å²) in [5.41, 5.74) is 5.71. The highest BCUT2D eigenvalue weighted by Gasteiger charge is 2.15. The van der Waals surface area contributed by atoms with Crippen molar-refractivity contribution in [2.24, 2.45) is 0 Å². The third kappa shape index (κ3) is 8.52. The largest absolute Gasteiger partial charge is 0.381 e. The van der Waals surface area contributed by atoms with E-state index in [1.807, 2.05) is 53.6 Å². The molecule has 1 aromatic heterocycles. The molecule has 190 valence electrons. The van der Waals surface area contributed by atoms with Gasteiger partial charge in [-0.05, 0) is 54.5 Å². The highest BCUT2D eigenvalue weighted by Crippen LogP contribution is 2.19. The number of ether oxygens (including phenoxy) is 1. The van der Waals surface area contributed by atoms with Crippen molar-refractivity contribution in [3.8, 4) is 0 Å². The SMILES string of the molecule is C=CCCOCCCCC(=O)N(CCc1c[nH]c2ccccc12)Cc1ccc(/C=C/C(=O)NO)cc1. The van der Waals surface area contributed by atoms with Gasteiger partial charge in [0, 0.05) is 55.9 Å². The van der Waals surface area contributed by atoms with Gasteiger partial charge in [-0.1, -0.05) is 48.5 Å². The van der Waals surface area contributed by atoms with Crippen molar-refractivity contribution in [3.05, 3.63) is 90.1 Å². The first-order chi connectivity index (χ1) is 17.6. The van der Waals surface area contributed by atoms with Crippen molar-refractivity contribution >= 4 is 28.8 Å². The first-order valence-corrected chi connectivity index (χ1v) is 12.3. The first kappa shape index (κ1) is 26.9. The number of carbonyl (C=O) groups excluding carboxylic acids is 2. The predicted octanol–water partition coefficient (Wildman–Crippen LogP) is 5.02. The molecule has 0 bridgehead atoms. The number of fused-ring (bicyclic) bond motifs is 1. The van der Waals surface area contributed by atoms with Crippen LogP contribution in [-0.2, 0) is 27.3 Å². The molecule has 3 rings (SSSR count). The fourth-order valence-corrected chi connectivity index (χ4v) is 3.96. The molecule has 2 amide bonds. The van der Waals surface area contributed by atoms with E-state index in [9.17, 15) is 9.59 Å². The number of hydrogen-bond acceptors (Lipinski definition) is 4. The number of aromatic amines is 1. The van der Waals surface area contributed by atoms with Crippen LogP contribution in [0.2, 0.25) is 0 Å². The summed E-state index contributed by atoms with van der Waals surface area (Å²) in [6.07, 6.45) is 10.5. The number of rotatable bonds is 15. The van der Waals surface area contributed by atoms with Crippen LogP contribution in [0.1, 0.15) is 42.4 Å². The molecule has 3 aromatic rings. The summed E-state index contributed by atoms with van der Waals surface area (Å²) in [7, 11) is 0. The minimum Gasteiger partial charge on any atom is -0.381 e. The van der Waals surface area contributed by atoms with Crippen LogP contribution in [0.25, 0.3) is 17.0 Å². The zero-order valence-corrected chi connectivity index (χ0v) is 20.6. The van der Waals surface area contributed by atoms with Gasteiger partial charge in [-0.15, -0.1) is 6.58 Å². The lowest BCUT2D eigenvalue weighted by Crippen LogP contribution is -2.32. The molecule has 3 N–H and O–H groups in total. The molecule has 7 heteroatoms. The van der Waals surface area contributed by atoms with Gasteiger partial charge in [-0.2, -0.15) is 0 Å². The second-order valence-corrected chi connectivity index (χ2v) is 8.62. The average molecular weight is 490 g/mol. The molecular weight excluding hydrogens is 454 g/mol. The first-order valence-electron chi connectivity index (χ1n) is 12.3. The number of H-pyrrole nitrogens is 1. The van der Waals surface area contributed by atoms with Gasteiger partial charge in [-0.25, -0.2) is 5.48 Å². The maximum Gasteiger partial charge on any atom is 0.267 e. The van der Waals surface area contributed by atoms with Crippen LogP contribution >= 0.6 is 0 Å². The van der Waals surface area contributed by atoms with Crippen LogP contribution in [0.5, 0.6) is 0 Å². The summed E-state index contributed by atoms with van der Waals surface area (Å²) in [6.45, 7) is 6.14. The van der Waals surface area contributed by atoms with E-state index in [1.54, 1.807) is 11.6 Å². The molecule has 36 heavy (non-hydrogen) atoms. The lowest BCUT2D eigenvalue weighted by atomic mass is 10.1. The van der Waals surface area contributed by atoms with Gasteiger partial charge in [0.05, 0.1) is 0 Å². The molecule has 0 aliphatic heterocycles. The number of nitrogens with one attached hydrogen (secondary N) is 2. The Balaban J connectivity index is 1.62. The normalized spacial score (nSPS) is 11.1. The molecule has 0 aliphatic carbocycles. The van der Waals surface area contributed by atoms with Crippen molar-refractivity contribution in [1.82, 2.24) is 15.4 Å². The molecule has 0 radical (unpaired) electrons. The number of nitrogens with zero attached hydrogens (tertiary/aromatic N) is 1. The van der Waals surface area contributed by atoms with Gasteiger partial charge in [0.2, 0.25) is 5.91 Å². The Morgan fingerprint density at radius 1 is 1.08 bits per heavy atom. The second-order valence-electron chi connectivity index (χ2n) is 8.62. The molecule has 2 aromatic carbocycles. The van der Waals surface area contributed by atoms with Crippen molar-refractivity contribution in [2.45, 2.75) is 38.6 Å². The maximum atomic E-state index is 13.2. The van der Waals surface area contributed by atoms with Crippen molar-refractivity contribution in [2.75, 3.05) is 19.8 Å². The summed E-state index contributed by atoms with van der Waals surface area (Å²) in [6, 6.07) is 15.9. The summed E-state index contributed by atoms with van der Waals surface area (Å²) in [5, 5.41) is 9.80. The number of unbranched alkanes of at least 4 members (excludes halogenated alkanes) is 1. The van der Waals surface area contributed by atoms with Crippen LogP contribution < -0.4 is 5.48 Å². The van der Waals surface area contributed by atoms with Crippen LogP contribution in [-0.4, -0.2) is 46.7 Å². The minimum absolute atomic E-state index is 0.129. The molecule has 0 atom stereocenters. The fraction of sp³-hybridized carbons (Fsp3) is 0.310. The average Bonchev–Trinajstić information content (AvgIpc) is 3.32. The highest BCUT2D eigenvalue weighted by molar-refractivity contribution is 5.90. The fourth-order valence-electron chi connectivity index (χ4n) is 3.96. The zero-order valence-electron chi connectivity index (χ0n) is 20.6.